The van der Waals surface area contributed by atoms with Crippen LogP contribution in [0.2, 0.25) is 10.0 Å². The predicted octanol–water partition coefficient (Wildman–Crippen LogP) is 4.73. The van der Waals surface area contributed by atoms with Crippen molar-refractivity contribution >= 4 is 29.0 Å². The monoisotopic (exact) mass is 278 g/mol. The third-order valence-corrected chi connectivity index (χ3v) is 3.23. The standard InChI is InChI=1S/C15H12Cl2O/c1-10-3-2-4-11(7-10)8-15(18)13-6-5-12(16)9-14(13)17/h2-7,9H,8H2,1H3. The molecule has 1 nitrogen and oxygen atoms in total. The maximum atomic E-state index is 12.1. The Morgan fingerprint density at radius 1 is 1.11 bits per heavy atom. The van der Waals surface area contributed by atoms with Gasteiger partial charge in [-0.05, 0) is 30.7 Å². The van der Waals surface area contributed by atoms with Crippen LogP contribution in [-0.2, 0) is 6.42 Å². The largest absolute Gasteiger partial charge is 0.294 e. The van der Waals surface area contributed by atoms with Crippen LogP contribution in [-0.4, -0.2) is 5.78 Å². The number of carbonyl (C=O) groups is 1. The van der Waals surface area contributed by atoms with E-state index in [0.29, 0.717) is 22.0 Å². The molecule has 0 aromatic heterocycles. The molecule has 0 aliphatic rings. The molecule has 0 aliphatic carbocycles. The van der Waals surface area contributed by atoms with E-state index in [9.17, 15) is 4.79 Å². The van der Waals surface area contributed by atoms with Crippen molar-refractivity contribution in [3.8, 4) is 0 Å². The lowest BCUT2D eigenvalue weighted by molar-refractivity contribution is 0.0993. The van der Waals surface area contributed by atoms with E-state index >= 15 is 0 Å². The zero-order valence-electron chi connectivity index (χ0n) is 9.91. The van der Waals surface area contributed by atoms with Gasteiger partial charge in [0.25, 0.3) is 0 Å². The highest BCUT2D eigenvalue weighted by molar-refractivity contribution is 6.36. The molecule has 0 aliphatic heterocycles. The molecule has 2 rings (SSSR count). The number of rotatable bonds is 3. The molecule has 0 heterocycles. The molecule has 0 spiro atoms. The zero-order chi connectivity index (χ0) is 13.1. The van der Waals surface area contributed by atoms with Gasteiger partial charge >= 0.3 is 0 Å². The Labute approximate surface area is 116 Å². The summed E-state index contributed by atoms with van der Waals surface area (Å²) >= 11 is 11.8. The van der Waals surface area contributed by atoms with Crippen molar-refractivity contribution in [1.29, 1.82) is 0 Å². The molecule has 0 fully saturated rings. The summed E-state index contributed by atoms with van der Waals surface area (Å²) in [5.41, 5.74) is 2.65. The van der Waals surface area contributed by atoms with Gasteiger partial charge in [0.15, 0.2) is 5.78 Å². The van der Waals surface area contributed by atoms with Crippen LogP contribution in [0.1, 0.15) is 21.5 Å². The van der Waals surface area contributed by atoms with Gasteiger partial charge in [0.05, 0.1) is 5.02 Å². The Morgan fingerprint density at radius 3 is 2.56 bits per heavy atom. The second-order valence-electron chi connectivity index (χ2n) is 4.21. The molecular weight excluding hydrogens is 267 g/mol. The van der Waals surface area contributed by atoms with Gasteiger partial charge in [-0.15, -0.1) is 0 Å². The highest BCUT2D eigenvalue weighted by Gasteiger charge is 2.11. The molecule has 0 bridgehead atoms. The van der Waals surface area contributed by atoms with Gasteiger partial charge in [0.2, 0.25) is 0 Å². The van der Waals surface area contributed by atoms with E-state index in [1.165, 1.54) is 0 Å². The SMILES string of the molecule is Cc1cccc(CC(=O)c2ccc(Cl)cc2Cl)c1. The van der Waals surface area contributed by atoms with Crippen LogP contribution in [0.25, 0.3) is 0 Å². The van der Waals surface area contributed by atoms with Crippen LogP contribution >= 0.6 is 23.2 Å². The minimum atomic E-state index is 0.00210. The lowest BCUT2D eigenvalue weighted by atomic mass is 10.0. The number of hydrogen-bond acceptors (Lipinski definition) is 1. The summed E-state index contributed by atoms with van der Waals surface area (Å²) < 4.78 is 0. The minimum absolute atomic E-state index is 0.00210. The maximum absolute atomic E-state index is 12.1. The average molecular weight is 279 g/mol. The first-order valence-corrected chi connectivity index (χ1v) is 6.35. The molecule has 2 aromatic carbocycles. The Morgan fingerprint density at radius 2 is 1.89 bits per heavy atom. The van der Waals surface area contributed by atoms with E-state index in [1.54, 1.807) is 18.2 Å². The van der Waals surface area contributed by atoms with Crippen molar-refractivity contribution in [2.24, 2.45) is 0 Å². The summed E-state index contributed by atoms with van der Waals surface area (Å²) in [6.45, 7) is 2.00. The summed E-state index contributed by atoms with van der Waals surface area (Å²) in [5.74, 6) is 0.00210. The van der Waals surface area contributed by atoms with E-state index in [4.69, 9.17) is 23.2 Å². The smallest absolute Gasteiger partial charge is 0.168 e. The molecule has 0 unspecified atom stereocenters. The second kappa shape index (κ2) is 5.55. The van der Waals surface area contributed by atoms with Gasteiger partial charge in [-0.2, -0.15) is 0 Å². The minimum Gasteiger partial charge on any atom is -0.294 e. The summed E-state index contributed by atoms with van der Waals surface area (Å²) in [5, 5.41) is 0.937. The first kappa shape index (κ1) is 13.1. The quantitative estimate of drug-likeness (QED) is 0.742. The molecule has 3 heteroatoms. The Hall–Kier alpha value is -1.31. The highest BCUT2D eigenvalue weighted by Crippen LogP contribution is 2.22. The van der Waals surface area contributed by atoms with Crippen molar-refractivity contribution in [2.45, 2.75) is 13.3 Å². The molecule has 0 radical (unpaired) electrons. The fourth-order valence-corrected chi connectivity index (χ4v) is 2.33. The van der Waals surface area contributed by atoms with Crippen LogP contribution in [0, 0.1) is 6.92 Å². The molecular formula is C15H12Cl2O. The average Bonchev–Trinajstić information content (AvgIpc) is 2.28. The normalized spacial score (nSPS) is 10.4. The van der Waals surface area contributed by atoms with Crippen LogP contribution in [0.5, 0.6) is 0 Å². The third-order valence-electron chi connectivity index (χ3n) is 2.68. The van der Waals surface area contributed by atoms with Crippen molar-refractivity contribution in [2.75, 3.05) is 0 Å². The first-order valence-electron chi connectivity index (χ1n) is 5.60. The van der Waals surface area contributed by atoms with Gasteiger partial charge in [0.1, 0.15) is 0 Å². The molecule has 18 heavy (non-hydrogen) atoms. The van der Waals surface area contributed by atoms with Gasteiger partial charge < -0.3 is 0 Å². The van der Waals surface area contributed by atoms with Gasteiger partial charge in [-0.1, -0.05) is 53.0 Å². The van der Waals surface area contributed by atoms with Crippen molar-refractivity contribution < 1.29 is 4.79 Å². The molecule has 0 saturated heterocycles. The number of aryl methyl sites for hydroxylation is 1. The second-order valence-corrected chi connectivity index (χ2v) is 5.06. The number of hydrogen-bond donors (Lipinski definition) is 0. The van der Waals surface area contributed by atoms with E-state index in [1.807, 2.05) is 31.2 Å². The van der Waals surface area contributed by atoms with E-state index < -0.39 is 0 Å². The van der Waals surface area contributed by atoms with Gasteiger partial charge in [0, 0.05) is 17.0 Å². The number of carbonyl (C=O) groups excluding carboxylic acids is 1. The van der Waals surface area contributed by atoms with Crippen LogP contribution in [0.4, 0.5) is 0 Å². The van der Waals surface area contributed by atoms with Gasteiger partial charge in [-0.25, -0.2) is 0 Å². The van der Waals surface area contributed by atoms with Crippen molar-refractivity contribution in [3.05, 3.63) is 69.2 Å². The number of ketones is 1. The predicted molar refractivity (Wildman–Crippen MR) is 75.7 cm³/mol. The lowest BCUT2D eigenvalue weighted by Gasteiger charge is -2.05. The first-order chi connectivity index (χ1) is 8.56. The maximum Gasteiger partial charge on any atom is 0.168 e. The molecule has 92 valence electrons. The lowest BCUT2D eigenvalue weighted by Crippen LogP contribution is -2.04. The summed E-state index contributed by atoms with van der Waals surface area (Å²) in [4.78, 5) is 12.1. The van der Waals surface area contributed by atoms with E-state index in [2.05, 4.69) is 0 Å². The molecule has 0 saturated carbocycles. The van der Waals surface area contributed by atoms with Crippen LogP contribution < -0.4 is 0 Å². The van der Waals surface area contributed by atoms with Crippen molar-refractivity contribution in [1.82, 2.24) is 0 Å². The Bertz CT molecular complexity index is 591. The Kier molecular flexibility index (Phi) is 4.05. The molecule has 0 N–H and O–H groups in total. The topological polar surface area (TPSA) is 17.1 Å². The fraction of sp³-hybridized carbons (Fsp3) is 0.133. The van der Waals surface area contributed by atoms with Gasteiger partial charge in [-0.3, -0.25) is 4.79 Å². The van der Waals surface area contributed by atoms with E-state index in [-0.39, 0.29) is 5.78 Å². The molecule has 0 atom stereocenters. The van der Waals surface area contributed by atoms with Crippen molar-refractivity contribution in [3.63, 3.8) is 0 Å². The molecule has 2 aromatic rings. The highest BCUT2D eigenvalue weighted by atomic mass is 35.5. The zero-order valence-corrected chi connectivity index (χ0v) is 11.4. The summed E-state index contributed by atoms with van der Waals surface area (Å²) in [6.07, 6.45) is 0.350. The Balaban J connectivity index is 2.22. The van der Waals surface area contributed by atoms with Crippen LogP contribution in [0.3, 0.4) is 0 Å². The number of Topliss-reactive ketones (excluding diaryl/α,β-unsaturated/α-hetero) is 1. The summed E-state index contributed by atoms with van der Waals surface area (Å²) in [7, 11) is 0. The molecule has 0 amide bonds. The fourth-order valence-electron chi connectivity index (χ4n) is 1.82. The number of halogens is 2. The summed E-state index contributed by atoms with van der Waals surface area (Å²) in [6, 6.07) is 12.8. The van der Waals surface area contributed by atoms with E-state index in [0.717, 1.165) is 11.1 Å². The third kappa shape index (κ3) is 3.12. The number of benzene rings is 2. The van der Waals surface area contributed by atoms with Crippen LogP contribution in [0.15, 0.2) is 42.5 Å².